The highest BCUT2D eigenvalue weighted by Crippen LogP contribution is 2.18. The molecule has 2 aliphatic rings. The van der Waals surface area contributed by atoms with Gasteiger partial charge in [0, 0.05) is 37.3 Å². The number of ether oxygens (including phenoxy) is 2. The zero-order chi connectivity index (χ0) is 16.9. The van der Waals surface area contributed by atoms with E-state index in [4.69, 9.17) is 9.47 Å². The van der Waals surface area contributed by atoms with Gasteiger partial charge in [0.2, 0.25) is 0 Å². The SMILES string of the molecule is C=C(C(=O)N1CCOCC1)c1ccc(C(=O)N2CCOCC2)cc1. The highest BCUT2D eigenvalue weighted by molar-refractivity contribution is 6.18. The van der Waals surface area contributed by atoms with Gasteiger partial charge in [-0.05, 0) is 17.7 Å². The lowest BCUT2D eigenvalue weighted by Crippen LogP contribution is -2.41. The van der Waals surface area contributed by atoms with Crippen molar-refractivity contribution in [3.63, 3.8) is 0 Å². The summed E-state index contributed by atoms with van der Waals surface area (Å²) in [5.74, 6) is -0.0828. The van der Waals surface area contributed by atoms with Gasteiger partial charge in [-0.25, -0.2) is 0 Å². The molecule has 6 nitrogen and oxygen atoms in total. The van der Waals surface area contributed by atoms with Crippen LogP contribution in [0.1, 0.15) is 15.9 Å². The molecule has 3 rings (SSSR count). The topological polar surface area (TPSA) is 59.1 Å². The van der Waals surface area contributed by atoms with E-state index < -0.39 is 0 Å². The summed E-state index contributed by atoms with van der Waals surface area (Å²) in [6.07, 6.45) is 0. The lowest BCUT2D eigenvalue weighted by molar-refractivity contribution is -0.128. The van der Waals surface area contributed by atoms with Crippen molar-refractivity contribution < 1.29 is 19.1 Å². The number of hydrogen-bond acceptors (Lipinski definition) is 4. The van der Waals surface area contributed by atoms with Crippen LogP contribution in [0.25, 0.3) is 5.57 Å². The van der Waals surface area contributed by atoms with Gasteiger partial charge in [0.15, 0.2) is 0 Å². The van der Waals surface area contributed by atoms with Crippen molar-refractivity contribution in [2.24, 2.45) is 0 Å². The van der Waals surface area contributed by atoms with E-state index in [1.165, 1.54) is 0 Å². The minimum absolute atomic E-state index is 0.00466. The number of amides is 2. The summed E-state index contributed by atoms with van der Waals surface area (Å²) in [7, 11) is 0. The molecule has 2 amide bonds. The van der Waals surface area contributed by atoms with Crippen molar-refractivity contribution in [2.45, 2.75) is 0 Å². The highest BCUT2D eigenvalue weighted by atomic mass is 16.5. The molecular weight excluding hydrogens is 308 g/mol. The molecule has 0 aromatic heterocycles. The van der Waals surface area contributed by atoms with E-state index >= 15 is 0 Å². The molecule has 24 heavy (non-hydrogen) atoms. The Morgan fingerprint density at radius 3 is 1.79 bits per heavy atom. The van der Waals surface area contributed by atoms with Gasteiger partial charge >= 0.3 is 0 Å². The highest BCUT2D eigenvalue weighted by Gasteiger charge is 2.21. The van der Waals surface area contributed by atoms with E-state index in [9.17, 15) is 9.59 Å². The quantitative estimate of drug-likeness (QED) is 0.777. The minimum atomic E-state index is -0.0782. The van der Waals surface area contributed by atoms with Gasteiger partial charge in [-0.2, -0.15) is 0 Å². The third kappa shape index (κ3) is 3.66. The van der Waals surface area contributed by atoms with Crippen LogP contribution in [-0.4, -0.2) is 74.2 Å². The summed E-state index contributed by atoms with van der Waals surface area (Å²) in [5.41, 5.74) is 1.81. The average Bonchev–Trinajstić information content (AvgIpc) is 2.68. The molecule has 0 N–H and O–H groups in total. The number of benzene rings is 1. The first-order chi connectivity index (χ1) is 11.7. The zero-order valence-electron chi connectivity index (χ0n) is 13.7. The summed E-state index contributed by atoms with van der Waals surface area (Å²) in [6.45, 7) is 8.60. The normalized spacial score (nSPS) is 18.3. The van der Waals surface area contributed by atoms with Gasteiger partial charge in [0.1, 0.15) is 0 Å². The zero-order valence-corrected chi connectivity index (χ0v) is 13.7. The monoisotopic (exact) mass is 330 g/mol. The molecule has 0 unspecified atom stereocenters. The molecule has 0 radical (unpaired) electrons. The Morgan fingerprint density at radius 2 is 1.25 bits per heavy atom. The van der Waals surface area contributed by atoms with Crippen LogP contribution < -0.4 is 0 Å². The van der Waals surface area contributed by atoms with E-state index in [1.54, 1.807) is 34.1 Å². The second kappa shape index (κ2) is 7.59. The molecule has 1 aromatic carbocycles. The van der Waals surface area contributed by atoms with E-state index in [1.807, 2.05) is 0 Å². The number of carbonyl (C=O) groups excluding carboxylic acids is 2. The van der Waals surface area contributed by atoms with Gasteiger partial charge in [0.05, 0.1) is 26.4 Å². The fourth-order valence-electron chi connectivity index (χ4n) is 2.84. The lowest BCUT2D eigenvalue weighted by atomic mass is 10.0. The van der Waals surface area contributed by atoms with Gasteiger partial charge in [-0.1, -0.05) is 18.7 Å². The van der Waals surface area contributed by atoms with Crippen LogP contribution in [-0.2, 0) is 14.3 Å². The second-order valence-electron chi connectivity index (χ2n) is 5.87. The Morgan fingerprint density at radius 1 is 0.792 bits per heavy atom. The molecule has 0 saturated carbocycles. The molecule has 2 saturated heterocycles. The number of carbonyl (C=O) groups is 2. The smallest absolute Gasteiger partial charge is 0.254 e. The minimum Gasteiger partial charge on any atom is -0.378 e. The van der Waals surface area contributed by atoms with Crippen molar-refractivity contribution in [1.29, 1.82) is 0 Å². The average molecular weight is 330 g/mol. The van der Waals surface area contributed by atoms with Crippen LogP contribution in [0.3, 0.4) is 0 Å². The van der Waals surface area contributed by atoms with Crippen LogP contribution >= 0.6 is 0 Å². The third-order valence-corrected chi connectivity index (χ3v) is 4.34. The first kappa shape index (κ1) is 16.7. The second-order valence-corrected chi connectivity index (χ2v) is 5.87. The van der Waals surface area contributed by atoms with Crippen molar-refractivity contribution in [3.05, 3.63) is 42.0 Å². The van der Waals surface area contributed by atoms with Gasteiger partial charge in [-0.3, -0.25) is 9.59 Å². The van der Waals surface area contributed by atoms with Gasteiger partial charge in [0.25, 0.3) is 11.8 Å². The molecule has 0 bridgehead atoms. The molecule has 0 spiro atoms. The van der Waals surface area contributed by atoms with Crippen molar-refractivity contribution in [2.75, 3.05) is 52.6 Å². The molecule has 6 heteroatoms. The molecule has 2 heterocycles. The fourth-order valence-corrected chi connectivity index (χ4v) is 2.84. The fraction of sp³-hybridized carbons (Fsp3) is 0.444. The van der Waals surface area contributed by atoms with Crippen molar-refractivity contribution in [3.8, 4) is 0 Å². The maximum Gasteiger partial charge on any atom is 0.254 e. The van der Waals surface area contributed by atoms with Gasteiger partial charge < -0.3 is 19.3 Å². The first-order valence-corrected chi connectivity index (χ1v) is 8.20. The number of hydrogen-bond donors (Lipinski definition) is 0. The Kier molecular flexibility index (Phi) is 5.27. The Labute approximate surface area is 141 Å². The molecule has 1 aromatic rings. The summed E-state index contributed by atoms with van der Waals surface area (Å²) in [5, 5.41) is 0. The Hall–Kier alpha value is -2.18. The first-order valence-electron chi connectivity index (χ1n) is 8.20. The Bertz CT molecular complexity index is 614. The number of nitrogens with zero attached hydrogens (tertiary/aromatic N) is 2. The predicted octanol–water partition coefficient (Wildman–Crippen LogP) is 1.03. The summed E-state index contributed by atoms with van der Waals surface area (Å²) in [6, 6.07) is 7.08. The van der Waals surface area contributed by atoms with Crippen LogP contribution in [0.15, 0.2) is 30.8 Å². The van der Waals surface area contributed by atoms with Crippen LogP contribution in [0, 0.1) is 0 Å². The van der Waals surface area contributed by atoms with E-state index in [2.05, 4.69) is 6.58 Å². The molecule has 0 aliphatic carbocycles. The standard InChI is InChI=1S/C18H22N2O4/c1-14(17(21)19-6-10-23-11-7-19)15-2-4-16(5-3-15)18(22)20-8-12-24-13-9-20/h2-5H,1,6-13H2. The van der Waals surface area contributed by atoms with Crippen LogP contribution in [0.5, 0.6) is 0 Å². The summed E-state index contributed by atoms with van der Waals surface area (Å²) in [4.78, 5) is 28.4. The Balaban J connectivity index is 1.66. The van der Waals surface area contributed by atoms with Crippen LogP contribution in [0.2, 0.25) is 0 Å². The van der Waals surface area contributed by atoms with Crippen LogP contribution in [0.4, 0.5) is 0 Å². The molecule has 0 atom stereocenters. The van der Waals surface area contributed by atoms with Crippen molar-refractivity contribution in [1.82, 2.24) is 9.80 Å². The third-order valence-electron chi connectivity index (χ3n) is 4.34. The number of morpholine rings is 2. The van der Waals surface area contributed by atoms with E-state index in [0.717, 1.165) is 5.56 Å². The molecular formula is C18H22N2O4. The maximum atomic E-state index is 12.4. The maximum absolute atomic E-state index is 12.4. The summed E-state index contributed by atoms with van der Waals surface area (Å²) < 4.78 is 10.5. The molecule has 2 aliphatic heterocycles. The predicted molar refractivity (Wildman–Crippen MR) is 89.6 cm³/mol. The molecule has 128 valence electrons. The molecule has 2 fully saturated rings. The summed E-state index contributed by atoms with van der Waals surface area (Å²) >= 11 is 0. The van der Waals surface area contributed by atoms with Crippen molar-refractivity contribution >= 4 is 17.4 Å². The lowest BCUT2D eigenvalue weighted by Gasteiger charge is -2.28. The van der Waals surface area contributed by atoms with E-state index in [-0.39, 0.29) is 11.8 Å². The van der Waals surface area contributed by atoms with E-state index in [0.29, 0.717) is 63.7 Å². The largest absolute Gasteiger partial charge is 0.378 e. The van der Waals surface area contributed by atoms with Gasteiger partial charge in [-0.15, -0.1) is 0 Å². The number of rotatable bonds is 3.